The number of carbonyl (C=O) groups is 2. The van der Waals surface area contributed by atoms with Gasteiger partial charge >= 0.3 is 11.8 Å². The van der Waals surface area contributed by atoms with E-state index >= 15 is 0 Å². The van der Waals surface area contributed by atoms with Crippen LogP contribution in [0.5, 0.6) is 0 Å². The molecule has 7 heteroatoms. The number of nitrogens with one attached hydrogen (secondary N) is 1. The minimum Gasteiger partial charge on any atom is -0.351 e. The third kappa shape index (κ3) is 2.95. The predicted octanol–water partition coefficient (Wildman–Crippen LogP) is 0.349. The Labute approximate surface area is 109 Å². The normalized spacial score (nSPS) is 9.95. The summed E-state index contributed by atoms with van der Waals surface area (Å²) in [5.74, 6) is -1.43. The minimum atomic E-state index is -0.743. The average molecular weight is 260 g/mol. The molecule has 0 radical (unpaired) electrons. The molecule has 1 aromatic heterocycles. The summed E-state index contributed by atoms with van der Waals surface area (Å²) in [5, 5.41) is 5.87. The highest BCUT2D eigenvalue weighted by molar-refractivity contribution is 6.40. The fourth-order valence-corrected chi connectivity index (χ4v) is 1.51. The van der Waals surface area contributed by atoms with Gasteiger partial charge < -0.3 is 9.84 Å². The molecule has 2 aromatic rings. The summed E-state index contributed by atoms with van der Waals surface area (Å²) in [6, 6.07) is 9.22. The van der Waals surface area contributed by atoms with Crippen LogP contribution in [0.2, 0.25) is 0 Å². The molecule has 19 heavy (non-hydrogen) atoms. The first-order valence-electron chi connectivity index (χ1n) is 5.56. The smallest absolute Gasteiger partial charge is 0.319 e. The van der Waals surface area contributed by atoms with Crippen LogP contribution in [-0.2, 0) is 16.1 Å². The molecule has 7 nitrogen and oxygen atoms in total. The molecule has 0 spiro atoms. The van der Waals surface area contributed by atoms with Crippen molar-refractivity contribution in [3.05, 3.63) is 42.3 Å². The summed E-state index contributed by atoms with van der Waals surface area (Å²) >= 11 is 0. The predicted molar refractivity (Wildman–Crippen MR) is 66.0 cm³/mol. The molecule has 0 aliphatic heterocycles. The number of carbonyl (C=O) groups excluding carboxylic acids is 2. The number of anilines is 1. The SMILES string of the molecule is CNC(=O)C(=O)N(Cc1ccccc1)c1ncon1. The summed E-state index contributed by atoms with van der Waals surface area (Å²) in [4.78, 5) is 28.4. The molecule has 2 rings (SSSR count). The largest absolute Gasteiger partial charge is 0.351 e. The Bertz CT molecular complexity index is 554. The summed E-state index contributed by atoms with van der Waals surface area (Å²) in [7, 11) is 1.39. The van der Waals surface area contributed by atoms with Crippen molar-refractivity contribution in [2.75, 3.05) is 11.9 Å². The first-order chi connectivity index (χ1) is 9.22. The van der Waals surface area contributed by atoms with Crippen LogP contribution < -0.4 is 10.2 Å². The van der Waals surface area contributed by atoms with Crippen LogP contribution in [-0.4, -0.2) is 29.0 Å². The van der Waals surface area contributed by atoms with Crippen molar-refractivity contribution in [1.82, 2.24) is 15.5 Å². The van der Waals surface area contributed by atoms with Gasteiger partial charge in [0.15, 0.2) is 0 Å². The van der Waals surface area contributed by atoms with E-state index in [1.54, 1.807) is 0 Å². The first kappa shape index (κ1) is 12.7. The lowest BCUT2D eigenvalue weighted by molar-refractivity contribution is -0.137. The maximum absolute atomic E-state index is 12.0. The molecule has 0 saturated carbocycles. The summed E-state index contributed by atoms with van der Waals surface area (Å²) in [5.41, 5.74) is 0.851. The zero-order valence-corrected chi connectivity index (χ0v) is 10.2. The topological polar surface area (TPSA) is 88.3 Å². The van der Waals surface area contributed by atoms with Crippen LogP contribution in [0.15, 0.2) is 41.2 Å². The summed E-state index contributed by atoms with van der Waals surface area (Å²) in [6.07, 6.45) is 1.10. The molecule has 0 saturated heterocycles. The van der Waals surface area contributed by atoms with Crippen molar-refractivity contribution in [2.24, 2.45) is 0 Å². The molecule has 0 aliphatic carbocycles. The molecule has 1 N–H and O–H groups in total. The maximum Gasteiger partial charge on any atom is 0.319 e. The molecule has 98 valence electrons. The van der Waals surface area contributed by atoms with Gasteiger partial charge in [-0.25, -0.2) is 0 Å². The van der Waals surface area contributed by atoms with Gasteiger partial charge in [0, 0.05) is 7.05 Å². The monoisotopic (exact) mass is 260 g/mol. The van der Waals surface area contributed by atoms with Crippen LogP contribution in [0.3, 0.4) is 0 Å². The number of benzene rings is 1. The lowest BCUT2D eigenvalue weighted by Gasteiger charge is -2.17. The zero-order chi connectivity index (χ0) is 13.7. The van der Waals surface area contributed by atoms with E-state index in [-0.39, 0.29) is 12.5 Å². The third-order valence-electron chi connectivity index (χ3n) is 2.44. The highest BCUT2D eigenvalue weighted by atomic mass is 16.5. The standard InChI is InChI=1S/C12H12N4O3/c1-13-10(17)11(18)16(12-14-8-19-15-12)7-9-5-3-2-4-6-9/h2-6,8H,7H2,1H3,(H,13,17). The van der Waals surface area contributed by atoms with Gasteiger partial charge in [-0.2, -0.15) is 4.98 Å². The molecule has 0 aliphatic rings. The van der Waals surface area contributed by atoms with E-state index in [0.29, 0.717) is 0 Å². The van der Waals surface area contributed by atoms with Crippen molar-refractivity contribution in [3.63, 3.8) is 0 Å². The molecular weight excluding hydrogens is 248 g/mol. The van der Waals surface area contributed by atoms with E-state index in [9.17, 15) is 9.59 Å². The molecule has 2 amide bonds. The van der Waals surface area contributed by atoms with E-state index < -0.39 is 11.8 Å². The van der Waals surface area contributed by atoms with Crippen LogP contribution in [0.4, 0.5) is 5.95 Å². The Hall–Kier alpha value is -2.70. The first-order valence-corrected chi connectivity index (χ1v) is 5.56. The van der Waals surface area contributed by atoms with Gasteiger partial charge in [0.2, 0.25) is 6.39 Å². The van der Waals surface area contributed by atoms with Crippen molar-refractivity contribution >= 4 is 17.8 Å². The highest BCUT2D eigenvalue weighted by Gasteiger charge is 2.25. The second kappa shape index (κ2) is 5.76. The summed E-state index contributed by atoms with van der Waals surface area (Å²) in [6.45, 7) is 0.187. The number of nitrogens with zero attached hydrogens (tertiary/aromatic N) is 3. The maximum atomic E-state index is 12.0. The van der Waals surface area contributed by atoms with Crippen LogP contribution >= 0.6 is 0 Å². The number of likely N-dealkylation sites (N-methyl/N-ethyl adjacent to an activating group) is 1. The second-order valence-electron chi connectivity index (χ2n) is 3.69. The average Bonchev–Trinajstić information content (AvgIpc) is 2.98. The number of hydrogen-bond acceptors (Lipinski definition) is 5. The highest BCUT2D eigenvalue weighted by Crippen LogP contribution is 2.12. The van der Waals surface area contributed by atoms with Crippen molar-refractivity contribution in [3.8, 4) is 0 Å². The van der Waals surface area contributed by atoms with Crippen LogP contribution in [0.1, 0.15) is 5.56 Å². The molecule has 0 unspecified atom stereocenters. The second-order valence-corrected chi connectivity index (χ2v) is 3.69. The molecule has 0 fully saturated rings. The van der Waals surface area contributed by atoms with Crippen molar-refractivity contribution < 1.29 is 14.1 Å². The van der Waals surface area contributed by atoms with E-state index in [1.165, 1.54) is 7.05 Å². The number of aromatic nitrogens is 2. The van der Waals surface area contributed by atoms with Gasteiger partial charge in [0.1, 0.15) is 0 Å². The third-order valence-corrected chi connectivity index (χ3v) is 2.44. The lowest BCUT2D eigenvalue weighted by Crippen LogP contribution is -2.42. The lowest BCUT2D eigenvalue weighted by atomic mass is 10.2. The Morgan fingerprint density at radius 3 is 2.63 bits per heavy atom. The zero-order valence-electron chi connectivity index (χ0n) is 10.2. The van der Waals surface area contributed by atoms with Gasteiger partial charge in [-0.05, 0) is 10.7 Å². The molecule has 0 bridgehead atoms. The molecular formula is C12H12N4O3. The Morgan fingerprint density at radius 2 is 2.05 bits per heavy atom. The minimum absolute atomic E-state index is 0.0532. The Balaban J connectivity index is 2.25. The van der Waals surface area contributed by atoms with E-state index in [4.69, 9.17) is 0 Å². The van der Waals surface area contributed by atoms with E-state index in [1.807, 2.05) is 30.3 Å². The fraction of sp³-hybridized carbons (Fsp3) is 0.167. The van der Waals surface area contributed by atoms with Crippen LogP contribution in [0.25, 0.3) is 0 Å². The molecule has 1 heterocycles. The molecule has 1 aromatic carbocycles. The Morgan fingerprint density at radius 1 is 1.32 bits per heavy atom. The van der Waals surface area contributed by atoms with Gasteiger partial charge in [-0.15, -0.1) is 0 Å². The number of rotatable bonds is 3. The fourth-order valence-electron chi connectivity index (χ4n) is 1.51. The Kier molecular flexibility index (Phi) is 3.87. The van der Waals surface area contributed by atoms with E-state index in [0.717, 1.165) is 16.9 Å². The van der Waals surface area contributed by atoms with Gasteiger partial charge in [0.25, 0.3) is 5.95 Å². The number of amides is 2. The van der Waals surface area contributed by atoms with Crippen molar-refractivity contribution in [2.45, 2.75) is 6.54 Å². The van der Waals surface area contributed by atoms with Crippen molar-refractivity contribution in [1.29, 1.82) is 0 Å². The molecule has 0 atom stereocenters. The number of hydrogen-bond donors (Lipinski definition) is 1. The summed E-state index contributed by atoms with van der Waals surface area (Å²) < 4.78 is 4.61. The quantitative estimate of drug-likeness (QED) is 0.804. The van der Waals surface area contributed by atoms with Gasteiger partial charge in [0.05, 0.1) is 6.54 Å². The van der Waals surface area contributed by atoms with E-state index in [2.05, 4.69) is 20.0 Å². The van der Waals surface area contributed by atoms with Crippen LogP contribution in [0, 0.1) is 0 Å². The van der Waals surface area contributed by atoms with Gasteiger partial charge in [-0.3, -0.25) is 14.5 Å². The van der Waals surface area contributed by atoms with Gasteiger partial charge in [-0.1, -0.05) is 30.3 Å².